The van der Waals surface area contributed by atoms with Crippen LogP contribution < -0.4 is 4.72 Å². The molecule has 110 valence electrons. The number of sulfonamides is 1. The lowest BCUT2D eigenvalue weighted by molar-refractivity contribution is 0.0437. The van der Waals surface area contributed by atoms with Crippen molar-refractivity contribution in [2.24, 2.45) is 5.92 Å². The molecule has 5 nitrogen and oxygen atoms in total. The zero-order valence-electron chi connectivity index (χ0n) is 11.4. The summed E-state index contributed by atoms with van der Waals surface area (Å²) in [6.07, 6.45) is 0.512. The summed E-state index contributed by atoms with van der Waals surface area (Å²) in [4.78, 5) is 3.87. The van der Waals surface area contributed by atoms with Crippen molar-refractivity contribution in [2.75, 3.05) is 6.54 Å². The van der Waals surface area contributed by atoms with Crippen LogP contribution in [-0.2, 0) is 10.0 Å². The Kier molecular flexibility index (Phi) is 5.36. The average Bonchev–Trinajstić information content (AvgIpc) is 2.54. The molecule has 0 spiro atoms. The number of rotatable bonds is 6. The van der Waals surface area contributed by atoms with Crippen LogP contribution in [0, 0.1) is 12.8 Å². The molecule has 1 aromatic rings. The highest BCUT2D eigenvalue weighted by molar-refractivity contribution is 7.91. The van der Waals surface area contributed by atoms with E-state index in [0.29, 0.717) is 12.1 Å². The van der Waals surface area contributed by atoms with Gasteiger partial charge < -0.3 is 5.11 Å². The fraction of sp³-hybridized carbons (Fsp3) is 0.727. The van der Waals surface area contributed by atoms with Crippen LogP contribution in [-0.4, -0.2) is 30.7 Å². The van der Waals surface area contributed by atoms with Crippen molar-refractivity contribution in [1.82, 2.24) is 9.71 Å². The van der Waals surface area contributed by atoms with Gasteiger partial charge in [-0.2, -0.15) is 0 Å². The Morgan fingerprint density at radius 3 is 2.53 bits per heavy atom. The minimum Gasteiger partial charge on any atom is -0.389 e. The first kappa shape index (κ1) is 16.8. The first-order valence-corrected chi connectivity index (χ1v) is 8.56. The van der Waals surface area contributed by atoms with E-state index in [4.69, 9.17) is 11.6 Å². The molecular formula is C11H19ClN2O3S2. The van der Waals surface area contributed by atoms with Crippen LogP contribution in [0.3, 0.4) is 0 Å². The molecule has 0 saturated heterocycles. The fourth-order valence-corrected chi connectivity index (χ4v) is 4.81. The first-order chi connectivity index (χ1) is 8.53. The van der Waals surface area contributed by atoms with Crippen molar-refractivity contribution < 1.29 is 13.5 Å². The van der Waals surface area contributed by atoms with E-state index >= 15 is 0 Å². The number of aliphatic hydroxyl groups is 1. The Balaban J connectivity index is 2.79. The average molecular weight is 327 g/mol. The van der Waals surface area contributed by atoms with Crippen LogP contribution in [0.15, 0.2) is 4.21 Å². The van der Waals surface area contributed by atoms with Crippen molar-refractivity contribution in [1.29, 1.82) is 0 Å². The minimum absolute atomic E-state index is 0.0392. The molecule has 1 aromatic heterocycles. The number of hydrogen-bond acceptors (Lipinski definition) is 5. The van der Waals surface area contributed by atoms with Crippen LogP contribution in [0.25, 0.3) is 0 Å². The molecule has 1 atom stereocenters. The van der Waals surface area contributed by atoms with Gasteiger partial charge in [-0.1, -0.05) is 36.8 Å². The number of halogens is 1. The monoisotopic (exact) mass is 326 g/mol. The van der Waals surface area contributed by atoms with Crippen molar-refractivity contribution in [2.45, 2.75) is 43.9 Å². The predicted octanol–water partition coefficient (Wildman–Crippen LogP) is 2.18. The minimum atomic E-state index is -3.68. The SMILES string of the molecule is Cc1nc(Cl)sc1S(=O)(=O)NCC(C)(O)CC(C)C. The third kappa shape index (κ3) is 5.00. The van der Waals surface area contributed by atoms with E-state index in [1.165, 1.54) is 0 Å². The smallest absolute Gasteiger partial charge is 0.252 e. The molecule has 0 bridgehead atoms. The van der Waals surface area contributed by atoms with Crippen molar-refractivity contribution in [3.63, 3.8) is 0 Å². The summed E-state index contributed by atoms with van der Waals surface area (Å²) in [6, 6.07) is 0. The summed E-state index contributed by atoms with van der Waals surface area (Å²) in [5, 5.41) is 10.1. The molecular weight excluding hydrogens is 308 g/mol. The number of nitrogens with one attached hydrogen (secondary N) is 1. The third-order valence-electron chi connectivity index (χ3n) is 2.46. The summed E-state index contributed by atoms with van der Waals surface area (Å²) in [5.41, 5.74) is -0.713. The van der Waals surface area contributed by atoms with Gasteiger partial charge in [-0.15, -0.1) is 0 Å². The van der Waals surface area contributed by atoms with E-state index in [0.717, 1.165) is 11.3 Å². The molecule has 0 aromatic carbocycles. The predicted molar refractivity (Wildman–Crippen MR) is 77.1 cm³/mol. The molecule has 19 heavy (non-hydrogen) atoms. The van der Waals surface area contributed by atoms with Crippen LogP contribution in [0.4, 0.5) is 0 Å². The zero-order valence-corrected chi connectivity index (χ0v) is 13.8. The molecule has 0 aliphatic carbocycles. The molecule has 0 radical (unpaired) electrons. The molecule has 0 amide bonds. The van der Waals surface area contributed by atoms with Crippen LogP contribution in [0.1, 0.15) is 32.9 Å². The van der Waals surface area contributed by atoms with Crippen LogP contribution in [0.2, 0.25) is 4.47 Å². The molecule has 1 heterocycles. The topological polar surface area (TPSA) is 79.3 Å². The molecule has 2 N–H and O–H groups in total. The quantitative estimate of drug-likeness (QED) is 0.839. The summed E-state index contributed by atoms with van der Waals surface area (Å²) < 4.78 is 26.9. The Morgan fingerprint density at radius 2 is 2.11 bits per heavy atom. The number of aryl methyl sites for hydroxylation is 1. The Bertz CT molecular complexity index is 538. The maximum Gasteiger partial charge on any atom is 0.252 e. The molecule has 0 aliphatic heterocycles. The van der Waals surface area contributed by atoms with Crippen molar-refractivity contribution >= 4 is 33.0 Å². The highest BCUT2D eigenvalue weighted by Gasteiger charge is 2.27. The lowest BCUT2D eigenvalue weighted by Crippen LogP contribution is -2.41. The number of aromatic nitrogens is 1. The van der Waals surface area contributed by atoms with Crippen LogP contribution in [0.5, 0.6) is 0 Å². The number of nitrogens with zero attached hydrogens (tertiary/aromatic N) is 1. The van der Waals surface area contributed by atoms with E-state index in [1.807, 2.05) is 13.8 Å². The molecule has 1 unspecified atom stereocenters. The van der Waals surface area contributed by atoms with E-state index in [1.54, 1.807) is 13.8 Å². The van der Waals surface area contributed by atoms with Gasteiger partial charge in [0.1, 0.15) is 0 Å². The molecule has 8 heteroatoms. The lowest BCUT2D eigenvalue weighted by Gasteiger charge is -2.25. The van der Waals surface area contributed by atoms with E-state index in [2.05, 4.69) is 9.71 Å². The summed E-state index contributed by atoms with van der Waals surface area (Å²) in [7, 11) is -3.68. The maximum atomic E-state index is 12.1. The van der Waals surface area contributed by atoms with Crippen molar-refractivity contribution in [3.05, 3.63) is 10.2 Å². The summed E-state index contributed by atoms with van der Waals surface area (Å²) in [6.45, 7) is 7.10. The van der Waals surface area contributed by atoms with E-state index in [-0.39, 0.29) is 21.1 Å². The Hall–Kier alpha value is -0.210. The number of thiazole rings is 1. The molecule has 1 rings (SSSR count). The van der Waals surface area contributed by atoms with Gasteiger partial charge in [-0.3, -0.25) is 0 Å². The third-order valence-corrected chi connectivity index (χ3v) is 5.74. The first-order valence-electron chi connectivity index (χ1n) is 5.88. The van der Waals surface area contributed by atoms with Gasteiger partial charge in [-0.05, 0) is 26.2 Å². The molecule has 0 fully saturated rings. The molecule has 0 aliphatic rings. The zero-order chi connectivity index (χ0) is 14.8. The Labute approximate surface area is 123 Å². The fourth-order valence-electron chi connectivity index (χ4n) is 1.87. The standard InChI is InChI=1S/C11H19ClN2O3S2/c1-7(2)5-11(4,15)6-13-19(16,17)9-8(3)14-10(12)18-9/h7,13,15H,5-6H2,1-4H3. The number of hydrogen-bond donors (Lipinski definition) is 2. The summed E-state index contributed by atoms with van der Waals surface area (Å²) in [5.74, 6) is 0.277. The van der Waals surface area contributed by atoms with E-state index in [9.17, 15) is 13.5 Å². The van der Waals surface area contributed by atoms with Gasteiger partial charge >= 0.3 is 0 Å². The Morgan fingerprint density at radius 1 is 1.53 bits per heavy atom. The van der Waals surface area contributed by atoms with Gasteiger partial charge in [0.05, 0.1) is 11.3 Å². The van der Waals surface area contributed by atoms with Gasteiger partial charge in [-0.25, -0.2) is 18.1 Å². The lowest BCUT2D eigenvalue weighted by atomic mass is 9.95. The highest BCUT2D eigenvalue weighted by atomic mass is 35.5. The summed E-state index contributed by atoms with van der Waals surface area (Å²) >= 11 is 6.60. The van der Waals surface area contributed by atoms with Gasteiger partial charge in [0.15, 0.2) is 8.68 Å². The van der Waals surface area contributed by atoms with Gasteiger partial charge in [0, 0.05) is 6.54 Å². The van der Waals surface area contributed by atoms with Crippen LogP contribution >= 0.6 is 22.9 Å². The van der Waals surface area contributed by atoms with Gasteiger partial charge in [0.2, 0.25) is 0 Å². The normalized spacial score (nSPS) is 15.7. The second-order valence-corrected chi connectivity index (χ2v) is 8.80. The second-order valence-electron chi connectivity index (χ2n) is 5.26. The largest absolute Gasteiger partial charge is 0.389 e. The maximum absolute atomic E-state index is 12.1. The van der Waals surface area contributed by atoms with Crippen molar-refractivity contribution in [3.8, 4) is 0 Å². The van der Waals surface area contributed by atoms with E-state index < -0.39 is 15.6 Å². The van der Waals surface area contributed by atoms with Gasteiger partial charge in [0.25, 0.3) is 10.0 Å². The second kappa shape index (κ2) is 6.05. The molecule has 0 saturated carbocycles. The highest BCUT2D eigenvalue weighted by Crippen LogP contribution is 2.27.